The van der Waals surface area contributed by atoms with Gasteiger partial charge in [0.2, 0.25) is 0 Å². The van der Waals surface area contributed by atoms with Crippen LogP contribution in [0.1, 0.15) is 50.0 Å². The van der Waals surface area contributed by atoms with E-state index in [-0.39, 0.29) is 25.2 Å². The molecular formula is C26H33F2O5PS. The van der Waals surface area contributed by atoms with Crippen LogP contribution in [0, 0.1) is 6.92 Å². The molecule has 0 aliphatic carbocycles. The van der Waals surface area contributed by atoms with Gasteiger partial charge < -0.3 is 13.8 Å². The molecule has 2 aromatic carbocycles. The number of alkyl halides is 2. The predicted molar refractivity (Wildman–Crippen MR) is 136 cm³/mol. The lowest BCUT2D eigenvalue weighted by Gasteiger charge is -2.35. The fraction of sp³-hybridized carbons (Fsp3) is 0.423. The van der Waals surface area contributed by atoms with E-state index in [4.69, 9.17) is 13.8 Å². The van der Waals surface area contributed by atoms with Crippen LogP contribution in [0.4, 0.5) is 8.78 Å². The highest BCUT2D eigenvalue weighted by atomic mass is 32.2. The number of esters is 1. The summed E-state index contributed by atoms with van der Waals surface area (Å²) in [5, 5.41) is -0.982. The average molecular weight is 527 g/mol. The SMILES string of the molecule is CCOP(=O)(OCC)C(F)(F)[C@H](OC(=O)c1ccccc1)[C@H](CC=C(C)C)Sc1ccc(C)cc1. The highest BCUT2D eigenvalue weighted by Crippen LogP contribution is 2.65. The molecule has 0 amide bonds. The van der Waals surface area contributed by atoms with E-state index in [0.29, 0.717) is 4.90 Å². The third-order valence-electron chi connectivity index (χ3n) is 4.95. The van der Waals surface area contributed by atoms with Crippen molar-refractivity contribution in [3.8, 4) is 0 Å². The molecule has 0 aliphatic rings. The van der Waals surface area contributed by atoms with Gasteiger partial charge in [-0.1, -0.05) is 47.5 Å². The van der Waals surface area contributed by atoms with E-state index >= 15 is 8.78 Å². The third kappa shape index (κ3) is 8.01. The van der Waals surface area contributed by atoms with Gasteiger partial charge in [0.05, 0.1) is 24.0 Å². The molecule has 0 heterocycles. The lowest BCUT2D eigenvalue weighted by Crippen LogP contribution is -2.45. The van der Waals surface area contributed by atoms with E-state index in [1.165, 1.54) is 26.0 Å². The first kappa shape index (κ1) is 29.2. The number of allylic oxidation sites excluding steroid dienone is 2. The zero-order chi connectivity index (χ0) is 26.1. The average Bonchev–Trinajstić information content (AvgIpc) is 2.82. The van der Waals surface area contributed by atoms with Crippen molar-refractivity contribution in [2.45, 2.75) is 63.0 Å². The summed E-state index contributed by atoms with van der Waals surface area (Å²) in [6.07, 6.45) is -0.167. The van der Waals surface area contributed by atoms with Gasteiger partial charge in [-0.15, -0.1) is 11.8 Å². The molecule has 0 spiro atoms. The quantitative estimate of drug-likeness (QED) is 0.114. The van der Waals surface area contributed by atoms with Gasteiger partial charge in [-0.3, -0.25) is 4.57 Å². The van der Waals surface area contributed by atoms with Crippen molar-refractivity contribution < 1.29 is 31.9 Å². The van der Waals surface area contributed by atoms with Gasteiger partial charge in [-0.25, -0.2) is 4.79 Å². The van der Waals surface area contributed by atoms with Crippen molar-refractivity contribution in [1.29, 1.82) is 0 Å². The third-order valence-corrected chi connectivity index (χ3v) is 8.42. The Kier molecular flexibility index (Phi) is 11.2. The molecule has 9 heteroatoms. The number of aryl methyl sites for hydroxylation is 1. The molecule has 35 heavy (non-hydrogen) atoms. The van der Waals surface area contributed by atoms with E-state index in [1.54, 1.807) is 24.3 Å². The highest BCUT2D eigenvalue weighted by Gasteiger charge is 2.63. The second-order valence-corrected chi connectivity index (χ2v) is 11.5. The summed E-state index contributed by atoms with van der Waals surface area (Å²) < 4.78 is 61.0. The molecule has 5 nitrogen and oxygen atoms in total. The second kappa shape index (κ2) is 13.4. The number of hydrogen-bond acceptors (Lipinski definition) is 6. The van der Waals surface area contributed by atoms with Crippen LogP contribution in [-0.4, -0.2) is 36.2 Å². The monoisotopic (exact) mass is 526 g/mol. The molecule has 2 aromatic rings. The first-order valence-electron chi connectivity index (χ1n) is 11.4. The van der Waals surface area contributed by atoms with Gasteiger partial charge in [-0.2, -0.15) is 8.78 Å². The van der Waals surface area contributed by atoms with E-state index in [0.717, 1.165) is 22.9 Å². The Balaban J connectivity index is 2.58. The van der Waals surface area contributed by atoms with Gasteiger partial charge in [0.25, 0.3) is 0 Å². The number of rotatable bonds is 13. The lowest BCUT2D eigenvalue weighted by molar-refractivity contribution is -0.0774. The van der Waals surface area contributed by atoms with Gasteiger partial charge in [-0.05, 0) is 65.3 Å². The molecule has 0 bridgehead atoms. The highest BCUT2D eigenvalue weighted by molar-refractivity contribution is 8.00. The molecule has 2 rings (SSSR count). The molecule has 0 N–H and O–H groups in total. The summed E-state index contributed by atoms with van der Waals surface area (Å²) in [5.74, 6) is -0.943. The van der Waals surface area contributed by atoms with Crippen LogP contribution >= 0.6 is 19.4 Å². The van der Waals surface area contributed by atoms with E-state index in [9.17, 15) is 9.36 Å². The van der Waals surface area contributed by atoms with Gasteiger partial charge in [0.1, 0.15) is 0 Å². The Morgan fingerprint density at radius 1 is 1.03 bits per heavy atom. The molecule has 2 atom stereocenters. The Morgan fingerprint density at radius 3 is 2.11 bits per heavy atom. The van der Waals surface area contributed by atoms with Crippen molar-refractivity contribution in [2.75, 3.05) is 13.2 Å². The number of benzene rings is 2. The Bertz CT molecular complexity index is 1010. The summed E-state index contributed by atoms with van der Waals surface area (Å²) >= 11 is 1.13. The number of ether oxygens (including phenoxy) is 1. The largest absolute Gasteiger partial charge is 0.450 e. The van der Waals surface area contributed by atoms with Crippen LogP contribution in [0.2, 0.25) is 0 Å². The number of carbonyl (C=O) groups is 1. The zero-order valence-corrected chi connectivity index (χ0v) is 22.4. The van der Waals surface area contributed by atoms with E-state index < -0.39 is 30.6 Å². The predicted octanol–water partition coefficient (Wildman–Crippen LogP) is 7.90. The first-order chi connectivity index (χ1) is 16.5. The summed E-state index contributed by atoms with van der Waals surface area (Å²) in [4.78, 5) is 13.6. The van der Waals surface area contributed by atoms with Crippen molar-refractivity contribution >= 4 is 25.3 Å². The summed E-state index contributed by atoms with van der Waals surface area (Å²) in [7, 11) is -4.98. The minimum Gasteiger partial charge on any atom is -0.450 e. The normalized spacial score (nSPS) is 13.7. The fourth-order valence-electron chi connectivity index (χ4n) is 3.21. The molecule has 0 fully saturated rings. The maximum Gasteiger partial charge on any atom is 0.403 e. The van der Waals surface area contributed by atoms with Gasteiger partial charge >= 0.3 is 19.2 Å². The topological polar surface area (TPSA) is 61.8 Å². The standard InChI is InChI=1S/C26H33F2O5PS/c1-6-31-34(30,32-7-2)26(27,28)24(33-25(29)21-11-9-8-10-12-21)23(18-13-19(3)4)35-22-16-14-20(5)15-17-22/h8-17,23-24H,6-7,18H2,1-5H3/t23-,24+/m0/s1. The Labute approximate surface area is 210 Å². The van der Waals surface area contributed by atoms with Crippen LogP contribution in [-0.2, 0) is 18.3 Å². The molecule has 0 unspecified atom stereocenters. The number of hydrogen-bond donors (Lipinski definition) is 0. The number of carbonyl (C=O) groups excluding carboxylic acids is 1. The molecular weight excluding hydrogens is 493 g/mol. The van der Waals surface area contributed by atoms with Crippen molar-refractivity contribution in [1.82, 2.24) is 0 Å². The van der Waals surface area contributed by atoms with Gasteiger partial charge in [0.15, 0.2) is 6.10 Å². The van der Waals surface area contributed by atoms with Crippen LogP contribution < -0.4 is 0 Å². The molecule has 0 saturated heterocycles. The van der Waals surface area contributed by atoms with Crippen LogP contribution in [0.25, 0.3) is 0 Å². The van der Waals surface area contributed by atoms with Crippen LogP contribution in [0.3, 0.4) is 0 Å². The molecule has 0 aliphatic heterocycles. The van der Waals surface area contributed by atoms with Crippen LogP contribution in [0.15, 0.2) is 71.1 Å². The smallest absolute Gasteiger partial charge is 0.403 e. The first-order valence-corrected chi connectivity index (χ1v) is 13.9. The maximum atomic E-state index is 16.1. The Hall–Kier alpha value is -1.99. The van der Waals surface area contributed by atoms with E-state index in [2.05, 4.69) is 0 Å². The van der Waals surface area contributed by atoms with Crippen LogP contribution in [0.5, 0.6) is 0 Å². The fourth-order valence-corrected chi connectivity index (χ4v) is 6.14. The Morgan fingerprint density at radius 2 is 1.60 bits per heavy atom. The van der Waals surface area contributed by atoms with E-state index in [1.807, 2.05) is 45.0 Å². The minimum absolute atomic E-state index is 0.109. The second-order valence-electron chi connectivity index (χ2n) is 8.10. The molecule has 0 radical (unpaired) electrons. The zero-order valence-electron chi connectivity index (χ0n) is 20.7. The van der Waals surface area contributed by atoms with Crippen molar-refractivity contribution in [2.24, 2.45) is 0 Å². The maximum absolute atomic E-state index is 16.1. The van der Waals surface area contributed by atoms with Gasteiger partial charge in [0, 0.05) is 4.90 Å². The van der Waals surface area contributed by atoms with Crippen molar-refractivity contribution in [3.63, 3.8) is 0 Å². The van der Waals surface area contributed by atoms with Crippen molar-refractivity contribution in [3.05, 3.63) is 77.4 Å². The summed E-state index contributed by atoms with van der Waals surface area (Å²) in [6.45, 7) is 8.02. The molecule has 192 valence electrons. The molecule has 0 saturated carbocycles. The summed E-state index contributed by atoms with van der Waals surface area (Å²) in [5.41, 5.74) is -2.07. The minimum atomic E-state index is -4.98. The number of halogens is 2. The lowest BCUT2D eigenvalue weighted by atomic mass is 10.1. The molecule has 0 aromatic heterocycles. The summed E-state index contributed by atoms with van der Waals surface area (Å²) in [6, 6.07) is 15.2. The number of thioether (sulfide) groups is 1.